The molecule has 0 N–H and O–H groups in total. The molecule has 2 nitrogen and oxygen atoms in total. The van der Waals surface area contributed by atoms with Crippen molar-refractivity contribution < 1.29 is 9.59 Å². The minimum atomic E-state index is -0.0665. The molecule has 3 saturated carbocycles. The predicted octanol–water partition coefficient (Wildman–Crippen LogP) is 5.92. The highest BCUT2D eigenvalue weighted by Gasteiger charge is 2.59. The van der Waals surface area contributed by atoms with E-state index in [4.69, 9.17) is 0 Å². The molecule has 0 bridgehead atoms. The average molecular weight is 377 g/mol. The topological polar surface area (TPSA) is 34.1 Å². The van der Waals surface area contributed by atoms with Crippen LogP contribution in [0.5, 0.6) is 0 Å². The Labute approximate surface area is 168 Å². The third-order valence-electron chi connectivity index (χ3n) is 9.17. The van der Waals surface area contributed by atoms with Crippen LogP contribution in [0, 0.1) is 35.5 Å². The summed E-state index contributed by atoms with van der Waals surface area (Å²) in [6.45, 7) is 6.79. The summed E-state index contributed by atoms with van der Waals surface area (Å²) in [4.78, 5) is 25.6. The van der Waals surface area contributed by atoms with Gasteiger partial charge in [-0.25, -0.2) is 0 Å². The summed E-state index contributed by atoms with van der Waals surface area (Å²) < 4.78 is 0. The quantitative estimate of drug-likeness (QED) is 0.609. The maximum Gasteiger partial charge on any atom is 0.163 e. The van der Waals surface area contributed by atoms with Gasteiger partial charge in [-0.3, -0.25) is 9.59 Å². The summed E-state index contributed by atoms with van der Waals surface area (Å²) >= 11 is 0. The van der Waals surface area contributed by atoms with E-state index in [-0.39, 0.29) is 10.8 Å². The number of benzene rings is 1. The van der Waals surface area contributed by atoms with Crippen LogP contribution >= 0.6 is 0 Å². The molecule has 3 fully saturated rings. The predicted molar refractivity (Wildman–Crippen MR) is 112 cm³/mol. The molecule has 1 aromatic rings. The van der Waals surface area contributed by atoms with Gasteiger partial charge in [0.25, 0.3) is 0 Å². The molecule has 0 heterocycles. The molecular weight excluding hydrogens is 344 g/mol. The molecule has 0 saturated heterocycles. The number of carbonyl (C=O) groups is 2. The maximum atomic E-state index is 13.0. The van der Waals surface area contributed by atoms with Crippen molar-refractivity contribution in [3.05, 3.63) is 41.0 Å². The highest BCUT2D eigenvalue weighted by molar-refractivity contribution is 6.22. The third kappa shape index (κ3) is 2.39. The summed E-state index contributed by atoms with van der Waals surface area (Å²) in [6, 6.07) is 8.54. The van der Waals surface area contributed by atoms with Gasteiger partial charge in [-0.15, -0.1) is 0 Å². The zero-order valence-electron chi connectivity index (χ0n) is 17.5. The zero-order chi connectivity index (χ0) is 19.7. The van der Waals surface area contributed by atoms with E-state index in [2.05, 4.69) is 45.0 Å². The van der Waals surface area contributed by atoms with Crippen LogP contribution in [0.2, 0.25) is 0 Å². The van der Waals surface area contributed by atoms with E-state index in [1.54, 1.807) is 0 Å². The van der Waals surface area contributed by atoms with Crippen LogP contribution in [0.3, 0.4) is 0 Å². The van der Waals surface area contributed by atoms with Gasteiger partial charge < -0.3 is 0 Å². The van der Waals surface area contributed by atoms with Crippen molar-refractivity contribution >= 4 is 17.1 Å². The van der Waals surface area contributed by atoms with Gasteiger partial charge in [0.1, 0.15) is 5.78 Å². The van der Waals surface area contributed by atoms with Crippen LogP contribution < -0.4 is 0 Å². The van der Waals surface area contributed by atoms with E-state index < -0.39 is 0 Å². The molecule has 0 amide bonds. The smallest absolute Gasteiger partial charge is 0.163 e. The van der Waals surface area contributed by atoms with E-state index in [1.807, 2.05) is 0 Å². The Morgan fingerprint density at radius 1 is 0.821 bits per heavy atom. The van der Waals surface area contributed by atoms with Gasteiger partial charge in [-0.05, 0) is 74.2 Å². The molecule has 2 heteroatoms. The summed E-state index contributed by atoms with van der Waals surface area (Å²) in [6.07, 6.45) is 7.95. The molecule has 0 radical (unpaired) electrons. The molecule has 5 atom stereocenters. The molecule has 0 aliphatic heterocycles. The first-order valence-electron chi connectivity index (χ1n) is 11.2. The lowest BCUT2D eigenvalue weighted by Crippen LogP contribution is -2.51. The van der Waals surface area contributed by atoms with Crippen molar-refractivity contribution in [2.24, 2.45) is 28.6 Å². The number of ketones is 2. The van der Waals surface area contributed by atoms with Crippen molar-refractivity contribution in [3.63, 3.8) is 0 Å². The lowest BCUT2D eigenvalue weighted by molar-refractivity contribution is -0.132. The van der Waals surface area contributed by atoms with Crippen LogP contribution in [0.25, 0.3) is 5.57 Å². The van der Waals surface area contributed by atoms with Gasteiger partial charge in [0.15, 0.2) is 5.78 Å². The van der Waals surface area contributed by atoms with Crippen LogP contribution in [-0.2, 0) is 9.59 Å². The first-order chi connectivity index (χ1) is 13.3. The lowest BCUT2D eigenvalue weighted by Gasteiger charge is -2.57. The Bertz CT molecular complexity index is 876. The molecular formula is C26H32O2. The number of hydrogen-bond donors (Lipinski definition) is 0. The van der Waals surface area contributed by atoms with E-state index >= 15 is 0 Å². The SMILES string of the molecule is Cc1ccc(C2=C3CC[C@@H]4[C@H](CC[C@]5(C)C(=O)CC[C@@H]45)[C@@]3(C)CCC2=O)cc1. The summed E-state index contributed by atoms with van der Waals surface area (Å²) in [7, 11) is 0. The van der Waals surface area contributed by atoms with Crippen molar-refractivity contribution in [2.45, 2.75) is 72.1 Å². The largest absolute Gasteiger partial charge is 0.299 e. The number of allylic oxidation sites excluding steroid dienone is 1. The maximum absolute atomic E-state index is 13.0. The standard InChI is InChI=1S/C26H32O2/c1-16-4-6-17(7-5-16)24-21-9-8-18-19-10-11-23(28)26(19,3)14-12-20(18)25(21,2)15-13-22(24)27/h4-7,18-20H,8-15H2,1-3H3/t18-,19-,20-,25+,26-/m0/s1. The highest BCUT2D eigenvalue weighted by atomic mass is 16.1. The summed E-state index contributed by atoms with van der Waals surface area (Å²) in [5.74, 6) is 2.71. The summed E-state index contributed by atoms with van der Waals surface area (Å²) in [5.41, 5.74) is 4.88. The monoisotopic (exact) mass is 376 g/mol. The van der Waals surface area contributed by atoms with Crippen molar-refractivity contribution in [3.8, 4) is 0 Å². The average Bonchev–Trinajstić information content (AvgIpc) is 2.98. The number of Topliss-reactive ketones (excluding diaryl/α,β-unsaturated/α-hetero) is 2. The Morgan fingerprint density at radius 2 is 1.54 bits per heavy atom. The molecule has 4 aliphatic carbocycles. The van der Waals surface area contributed by atoms with Gasteiger partial charge in [-0.2, -0.15) is 0 Å². The zero-order valence-corrected chi connectivity index (χ0v) is 17.5. The minimum Gasteiger partial charge on any atom is -0.299 e. The second-order valence-corrected chi connectivity index (χ2v) is 10.4. The fraction of sp³-hybridized carbons (Fsp3) is 0.615. The lowest BCUT2D eigenvalue weighted by atomic mass is 9.46. The molecule has 0 unspecified atom stereocenters. The fourth-order valence-electron chi connectivity index (χ4n) is 7.54. The molecule has 0 spiro atoms. The number of rotatable bonds is 1. The molecule has 28 heavy (non-hydrogen) atoms. The van der Waals surface area contributed by atoms with E-state index in [0.29, 0.717) is 35.7 Å². The second kappa shape index (κ2) is 6.15. The first-order valence-corrected chi connectivity index (χ1v) is 11.2. The highest BCUT2D eigenvalue weighted by Crippen LogP contribution is 2.65. The van der Waals surface area contributed by atoms with Crippen LogP contribution in [0.1, 0.15) is 76.3 Å². The Kier molecular flexibility index (Phi) is 4.03. The van der Waals surface area contributed by atoms with E-state index in [9.17, 15) is 9.59 Å². The number of fused-ring (bicyclic) bond motifs is 5. The Hall–Kier alpha value is -1.70. The van der Waals surface area contributed by atoms with Gasteiger partial charge in [-0.1, -0.05) is 49.2 Å². The minimum absolute atomic E-state index is 0.0665. The normalized spacial score (nSPS) is 40.2. The second-order valence-electron chi connectivity index (χ2n) is 10.4. The Morgan fingerprint density at radius 3 is 2.29 bits per heavy atom. The third-order valence-corrected chi connectivity index (χ3v) is 9.17. The van der Waals surface area contributed by atoms with Gasteiger partial charge in [0.05, 0.1) is 0 Å². The van der Waals surface area contributed by atoms with Crippen LogP contribution in [0.4, 0.5) is 0 Å². The van der Waals surface area contributed by atoms with E-state index in [0.717, 1.165) is 56.1 Å². The number of carbonyl (C=O) groups excluding carboxylic acids is 2. The summed E-state index contributed by atoms with van der Waals surface area (Å²) in [5, 5.41) is 0. The van der Waals surface area contributed by atoms with Gasteiger partial charge in [0, 0.05) is 23.8 Å². The number of hydrogen-bond acceptors (Lipinski definition) is 2. The fourth-order valence-corrected chi connectivity index (χ4v) is 7.54. The van der Waals surface area contributed by atoms with E-state index in [1.165, 1.54) is 11.1 Å². The van der Waals surface area contributed by atoms with Crippen molar-refractivity contribution in [2.75, 3.05) is 0 Å². The molecule has 148 valence electrons. The van der Waals surface area contributed by atoms with Crippen LogP contribution in [-0.4, -0.2) is 11.6 Å². The number of aryl methyl sites for hydroxylation is 1. The molecule has 5 rings (SSSR count). The molecule has 0 aromatic heterocycles. The molecule has 1 aromatic carbocycles. The van der Waals surface area contributed by atoms with Gasteiger partial charge in [0.2, 0.25) is 0 Å². The van der Waals surface area contributed by atoms with Crippen molar-refractivity contribution in [1.29, 1.82) is 0 Å². The van der Waals surface area contributed by atoms with Crippen molar-refractivity contribution in [1.82, 2.24) is 0 Å². The molecule has 4 aliphatic rings. The first kappa shape index (κ1) is 18.3. The van der Waals surface area contributed by atoms with Gasteiger partial charge >= 0.3 is 0 Å². The van der Waals surface area contributed by atoms with Crippen LogP contribution in [0.15, 0.2) is 29.8 Å². The Balaban J connectivity index is 1.58.